The maximum Gasteiger partial charge on any atom is 0.407 e. The maximum absolute atomic E-state index is 13.4. The van der Waals surface area contributed by atoms with Gasteiger partial charge in [0.1, 0.15) is 6.61 Å². The third-order valence-corrected chi connectivity index (χ3v) is 8.29. The smallest absolute Gasteiger partial charge is 0.407 e. The van der Waals surface area contributed by atoms with Crippen LogP contribution in [0.4, 0.5) is 4.79 Å². The first-order chi connectivity index (χ1) is 19.2. The first kappa shape index (κ1) is 30.1. The molecule has 0 bridgehead atoms. The predicted octanol–water partition coefficient (Wildman–Crippen LogP) is 5.07. The van der Waals surface area contributed by atoms with Gasteiger partial charge in [0.05, 0.1) is 18.2 Å². The molecule has 1 saturated heterocycles. The highest BCUT2D eigenvalue weighted by Crippen LogP contribution is 2.39. The van der Waals surface area contributed by atoms with Crippen LogP contribution in [0, 0.1) is 11.8 Å². The number of β-amino-alcohol motifs (C(OH)–C–C–N with tert-alkyl or cyclic N) is 1. The molecule has 7 heteroatoms. The number of carbonyl (C=O) groups excluding carboxylic acids is 2. The number of fused-ring (bicyclic) bond motifs is 1. The summed E-state index contributed by atoms with van der Waals surface area (Å²) in [6.07, 6.45) is 5.50. The predicted molar refractivity (Wildman–Crippen MR) is 158 cm³/mol. The van der Waals surface area contributed by atoms with Gasteiger partial charge in [0, 0.05) is 18.6 Å². The summed E-state index contributed by atoms with van der Waals surface area (Å²) in [6, 6.07) is 18.8. The van der Waals surface area contributed by atoms with Crippen LogP contribution in [0.15, 0.2) is 60.7 Å². The molecular weight excluding hydrogens is 502 g/mol. The zero-order chi connectivity index (χ0) is 28.5. The van der Waals surface area contributed by atoms with Gasteiger partial charge in [-0.3, -0.25) is 9.69 Å². The Morgan fingerprint density at radius 2 is 1.60 bits per heavy atom. The highest BCUT2D eigenvalue weighted by atomic mass is 16.5. The van der Waals surface area contributed by atoms with E-state index in [0.717, 1.165) is 24.1 Å². The Bertz CT molecular complexity index is 1070. The summed E-state index contributed by atoms with van der Waals surface area (Å²) in [4.78, 5) is 28.4. The van der Waals surface area contributed by atoms with E-state index in [1.165, 1.54) is 25.7 Å². The number of hydrogen-bond acceptors (Lipinski definition) is 5. The van der Waals surface area contributed by atoms with Gasteiger partial charge in [-0.15, -0.1) is 0 Å². The number of rotatable bonds is 10. The summed E-state index contributed by atoms with van der Waals surface area (Å²) < 4.78 is 5.50. The van der Waals surface area contributed by atoms with E-state index in [4.69, 9.17) is 4.74 Å². The highest BCUT2D eigenvalue weighted by Gasteiger charge is 2.41. The van der Waals surface area contributed by atoms with E-state index in [1.54, 1.807) is 0 Å². The van der Waals surface area contributed by atoms with Crippen LogP contribution in [0.2, 0.25) is 0 Å². The first-order valence-electron chi connectivity index (χ1n) is 14.9. The number of ether oxygens (including phenoxy) is 1. The van der Waals surface area contributed by atoms with Crippen LogP contribution in [-0.2, 0) is 22.6 Å². The molecule has 0 unspecified atom stereocenters. The van der Waals surface area contributed by atoms with E-state index in [9.17, 15) is 14.7 Å². The Labute approximate surface area is 239 Å². The van der Waals surface area contributed by atoms with E-state index in [0.29, 0.717) is 31.2 Å². The molecule has 5 atom stereocenters. The zero-order valence-electron chi connectivity index (χ0n) is 24.4. The van der Waals surface area contributed by atoms with Gasteiger partial charge in [-0.2, -0.15) is 0 Å². The Kier molecular flexibility index (Phi) is 10.6. The van der Waals surface area contributed by atoms with Crippen molar-refractivity contribution in [3.05, 3.63) is 71.8 Å². The van der Waals surface area contributed by atoms with Crippen molar-refractivity contribution in [3.8, 4) is 0 Å². The second kappa shape index (κ2) is 14.1. The number of carbonyl (C=O) groups is 2. The quantitative estimate of drug-likeness (QED) is 0.385. The molecule has 0 radical (unpaired) electrons. The van der Waals surface area contributed by atoms with Gasteiger partial charge in [-0.25, -0.2) is 4.79 Å². The molecule has 4 rings (SSSR count). The molecule has 2 aromatic rings. The fraction of sp³-hybridized carbons (Fsp3) is 0.576. The van der Waals surface area contributed by atoms with Gasteiger partial charge < -0.3 is 20.5 Å². The first-order valence-corrected chi connectivity index (χ1v) is 14.9. The molecule has 40 heavy (non-hydrogen) atoms. The van der Waals surface area contributed by atoms with Gasteiger partial charge in [0.15, 0.2) is 0 Å². The molecule has 1 aliphatic heterocycles. The molecule has 3 N–H and O–H groups in total. The molecule has 1 aliphatic carbocycles. The highest BCUT2D eigenvalue weighted by molar-refractivity contribution is 5.82. The standard InChI is InChI=1S/C33H47N3O4/c1-33(2,3)35-31(38)29-20-26-16-10-11-17-27(26)21-36(29)22-30(37)28(19-18-24-12-6-4-7-13-24)34-32(39)40-23-25-14-8-5-9-15-25/h4-9,12-15,26-30,37H,10-11,16-23H2,1-3H3,(H,34,39)(H,35,38)/t26-,27+,28-,29-,30+/m0/s1. The second-order valence-corrected chi connectivity index (χ2v) is 12.7. The third kappa shape index (κ3) is 9.07. The summed E-state index contributed by atoms with van der Waals surface area (Å²) in [5.41, 5.74) is 1.72. The summed E-state index contributed by atoms with van der Waals surface area (Å²) in [6.45, 7) is 7.29. The van der Waals surface area contributed by atoms with Crippen molar-refractivity contribution in [1.82, 2.24) is 15.5 Å². The molecule has 2 amide bonds. The molecule has 2 fully saturated rings. The lowest BCUT2D eigenvalue weighted by atomic mass is 9.72. The molecule has 0 spiro atoms. The van der Waals surface area contributed by atoms with Crippen molar-refractivity contribution in [2.24, 2.45) is 11.8 Å². The average molecular weight is 550 g/mol. The van der Waals surface area contributed by atoms with E-state index < -0.39 is 18.2 Å². The minimum absolute atomic E-state index is 0.0276. The summed E-state index contributed by atoms with van der Waals surface area (Å²) in [5.74, 6) is 1.13. The molecule has 2 aromatic carbocycles. The average Bonchev–Trinajstić information content (AvgIpc) is 2.94. The van der Waals surface area contributed by atoms with E-state index in [1.807, 2.05) is 69.3 Å². The molecule has 2 aliphatic rings. The zero-order valence-corrected chi connectivity index (χ0v) is 24.4. The number of hydrogen-bond donors (Lipinski definition) is 3. The molecule has 1 heterocycles. The number of alkyl carbamates (subject to hydrolysis) is 1. The minimum Gasteiger partial charge on any atom is -0.445 e. The van der Waals surface area contributed by atoms with Crippen LogP contribution < -0.4 is 10.6 Å². The Balaban J connectivity index is 1.45. The summed E-state index contributed by atoms with van der Waals surface area (Å²) in [7, 11) is 0. The molecule has 1 saturated carbocycles. The molecular formula is C33H47N3O4. The second-order valence-electron chi connectivity index (χ2n) is 12.7. The number of benzene rings is 2. The number of aliphatic hydroxyl groups excluding tert-OH is 1. The monoisotopic (exact) mass is 549 g/mol. The summed E-state index contributed by atoms with van der Waals surface area (Å²) in [5, 5.41) is 17.7. The lowest BCUT2D eigenvalue weighted by molar-refractivity contribution is -0.132. The van der Waals surface area contributed by atoms with Gasteiger partial charge in [0.2, 0.25) is 5.91 Å². The molecule has 0 aromatic heterocycles. The van der Waals surface area contributed by atoms with Crippen molar-refractivity contribution in [1.29, 1.82) is 0 Å². The number of aliphatic hydroxyl groups is 1. The number of amides is 2. The number of likely N-dealkylation sites (tertiary alicyclic amines) is 1. The van der Waals surface area contributed by atoms with Crippen molar-refractivity contribution in [2.45, 2.75) is 96.1 Å². The van der Waals surface area contributed by atoms with Crippen LogP contribution in [-0.4, -0.2) is 58.8 Å². The molecule has 218 valence electrons. The van der Waals surface area contributed by atoms with Crippen molar-refractivity contribution in [2.75, 3.05) is 13.1 Å². The lowest BCUT2D eigenvalue weighted by Crippen LogP contribution is -2.60. The van der Waals surface area contributed by atoms with Gasteiger partial charge >= 0.3 is 6.09 Å². The summed E-state index contributed by atoms with van der Waals surface area (Å²) >= 11 is 0. The fourth-order valence-corrected chi connectivity index (χ4v) is 6.24. The minimum atomic E-state index is -0.849. The lowest BCUT2D eigenvalue weighted by Gasteiger charge is -2.47. The van der Waals surface area contributed by atoms with Gasteiger partial charge in [0.25, 0.3) is 0 Å². The van der Waals surface area contributed by atoms with E-state index in [2.05, 4.69) is 27.7 Å². The normalized spacial score (nSPS) is 22.9. The SMILES string of the molecule is CC(C)(C)NC(=O)[C@@H]1C[C@@H]2CCCC[C@@H]2CN1C[C@@H](O)[C@H](CCc1ccccc1)NC(=O)OCc1ccccc1. The van der Waals surface area contributed by atoms with Gasteiger partial charge in [-0.05, 0) is 69.4 Å². The van der Waals surface area contributed by atoms with E-state index >= 15 is 0 Å². The van der Waals surface area contributed by atoms with Crippen LogP contribution in [0.5, 0.6) is 0 Å². The Hall–Kier alpha value is -2.90. The van der Waals surface area contributed by atoms with Crippen molar-refractivity contribution >= 4 is 12.0 Å². The van der Waals surface area contributed by atoms with Crippen molar-refractivity contribution < 1.29 is 19.4 Å². The Morgan fingerprint density at radius 1 is 0.975 bits per heavy atom. The Morgan fingerprint density at radius 3 is 2.25 bits per heavy atom. The maximum atomic E-state index is 13.4. The number of nitrogens with one attached hydrogen (secondary N) is 2. The topological polar surface area (TPSA) is 90.9 Å². The van der Waals surface area contributed by atoms with Crippen LogP contribution in [0.25, 0.3) is 0 Å². The van der Waals surface area contributed by atoms with Crippen LogP contribution >= 0.6 is 0 Å². The van der Waals surface area contributed by atoms with E-state index in [-0.39, 0.29) is 24.1 Å². The number of nitrogens with zero attached hydrogens (tertiary/aromatic N) is 1. The van der Waals surface area contributed by atoms with Crippen molar-refractivity contribution in [3.63, 3.8) is 0 Å². The number of aryl methyl sites for hydroxylation is 1. The fourth-order valence-electron chi connectivity index (χ4n) is 6.24. The van der Waals surface area contributed by atoms with Crippen LogP contribution in [0.1, 0.15) is 70.4 Å². The van der Waals surface area contributed by atoms with Gasteiger partial charge in [-0.1, -0.05) is 79.9 Å². The largest absolute Gasteiger partial charge is 0.445 e. The number of piperidine rings is 1. The molecule has 7 nitrogen and oxygen atoms in total. The van der Waals surface area contributed by atoms with Crippen LogP contribution in [0.3, 0.4) is 0 Å². The third-order valence-electron chi connectivity index (χ3n) is 8.29.